The molecule has 1 aliphatic carbocycles. The van der Waals surface area contributed by atoms with E-state index in [1.165, 1.54) is 5.56 Å². The monoisotopic (exact) mass is 376 g/mol. The molecule has 1 saturated heterocycles. The van der Waals surface area contributed by atoms with Crippen molar-refractivity contribution < 1.29 is 4.79 Å². The van der Waals surface area contributed by atoms with E-state index in [-0.39, 0.29) is 17.5 Å². The van der Waals surface area contributed by atoms with E-state index in [1.54, 1.807) is 6.07 Å². The third kappa shape index (κ3) is 3.63. The van der Waals surface area contributed by atoms with Crippen LogP contribution in [-0.2, 0) is 0 Å². The maximum atomic E-state index is 12.5. The summed E-state index contributed by atoms with van der Waals surface area (Å²) in [5.74, 6) is 1.21. The summed E-state index contributed by atoms with van der Waals surface area (Å²) in [5.41, 5.74) is 2.47. The fourth-order valence-electron chi connectivity index (χ4n) is 3.84. The van der Waals surface area contributed by atoms with Gasteiger partial charge in [-0.15, -0.1) is 10.2 Å². The van der Waals surface area contributed by atoms with E-state index in [4.69, 9.17) is 5.26 Å². The normalized spacial score (nSPS) is 19.5. The van der Waals surface area contributed by atoms with Crippen LogP contribution in [0.4, 0.5) is 16.3 Å². The molecule has 2 aromatic rings. The summed E-state index contributed by atoms with van der Waals surface area (Å²) in [7, 11) is 0. The predicted molar refractivity (Wildman–Crippen MR) is 107 cm³/mol. The van der Waals surface area contributed by atoms with Crippen LogP contribution in [0.25, 0.3) is 0 Å². The van der Waals surface area contributed by atoms with Gasteiger partial charge in [-0.1, -0.05) is 26.0 Å². The van der Waals surface area contributed by atoms with E-state index in [0.717, 1.165) is 30.9 Å². The molecule has 0 unspecified atom stereocenters. The first kappa shape index (κ1) is 18.2. The molecule has 2 amide bonds. The van der Waals surface area contributed by atoms with Crippen LogP contribution < -0.4 is 15.5 Å². The third-order valence-electron chi connectivity index (χ3n) is 5.77. The highest BCUT2D eigenvalue weighted by Crippen LogP contribution is 2.53. The van der Waals surface area contributed by atoms with Crippen molar-refractivity contribution in [1.29, 1.82) is 5.26 Å². The van der Waals surface area contributed by atoms with Crippen molar-refractivity contribution in [1.82, 2.24) is 15.5 Å². The Hall–Kier alpha value is -3.14. The van der Waals surface area contributed by atoms with E-state index >= 15 is 0 Å². The topological polar surface area (TPSA) is 93.9 Å². The van der Waals surface area contributed by atoms with Gasteiger partial charge in [0.25, 0.3) is 0 Å². The quantitative estimate of drug-likeness (QED) is 0.854. The van der Waals surface area contributed by atoms with Gasteiger partial charge in [-0.05, 0) is 48.6 Å². The molecule has 2 aliphatic rings. The zero-order valence-corrected chi connectivity index (χ0v) is 16.1. The Bertz CT molecular complexity index is 896. The highest BCUT2D eigenvalue weighted by Gasteiger charge is 2.55. The lowest BCUT2D eigenvalue weighted by Crippen LogP contribution is -2.43. The summed E-state index contributed by atoms with van der Waals surface area (Å²) < 4.78 is 0. The molecule has 4 rings (SSSR count). The number of hydrogen-bond donors (Lipinski definition) is 2. The zero-order valence-electron chi connectivity index (χ0n) is 16.1. The van der Waals surface area contributed by atoms with Crippen LogP contribution in [0, 0.1) is 16.7 Å². The fraction of sp³-hybridized carbons (Fsp3) is 0.429. The smallest absolute Gasteiger partial charge is 0.319 e. The van der Waals surface area contributed by atoms with Crippen molar-refractivity contribution in [3.05, 3.63) is 47.7 Å². The molecule has 1 aromatic heterocycles. The fourth-order valence-corrected chi connectivity index (χ4v) is 3.84. The molecule has 2 fully saturated rings. The van der Waals surface area contributed by atoms with Gasteiger partial charge < -0.3 is 15.5 Å². The molecule has 7 nitrogen and oxygen atoms in total. The second-order valence-corrected chi connectivity index (χ2v) is 8.06. The van der Waals surface area contributed by atoms with Crippen LogP contribution >= 0.6 is 0 Å². The Morgan fingerprint density at radius 3 is 2.54 bits per heavy atom. The Morgan fingerprint density at radius 1 is 1.21 bits per heavy atom. The highest BCUT2D eigenvalue weighted by atomic mass is 16.2. The Kier molecular flexibility index (Phi) is 4.63. The summed E-state index contributed by atoms with van der Waals surface area (Å²) in [5, 5.41) is 23.0. The number of nitriles is 1. The molecule has 0 radical (unpaired) electrons. The van der Waals surface area contributed by atoms with E-state index in [9.17, 15) is 4.79 Å². The molecule has 144 valence electrons. The SMILES string of the molecule is CC(C)c1ccc(NC(=O)N[C@@H]2CN(c3ccc(C#N)nn3)CC23CC3)cc1. The number of anilines is 2. The largest absolute Gasteiger partial charge is 0.352 e. The lowest BCUT2D eigenvalue weighted by molar-refractivity contribution is 0.245. The van der Waals surface area contributed by atoms with E-state index in [1.807, 2.05) is 36.4 Å². The minimum atomic E-state index is -0.179. The summed E-state index contributed by atoms with van der Waals surface area (Å²) in [6.07, 6.45) is 2.20. The average Bonchev–Trinajstić information content (AvgIpc) is 3.39. The molecule has 7 heteroatoms. The van der Waals surface area contributed by atoms with Gasteiger partial charge in [-0.3, -0.25) is 0 Å². The van der Waals surface area contributed by atoms with Crippen molar-refractivity contribution in [3.63, 3.8) is 0 Å². The Labute approximate surface area is 164 Å². The number of benzene rings is 1. The number of amides is 2. The molecule has 1 spiro atoms. The molecule has 1 atom stereocenters. The number of rotatable bonds is 4. The van der Waals surface area contributed by atoms with Gasteiger partial charge >= 0.3 is 6.03 Å². The minimum Gasteiger partial charge on any atom is -0.352 e. The van der Waals surface area contributed by atoms with Crippen LogP contribution in [0.15, 0.2) is 36.4 Å². The maximum Gasteiger partial charge on any atom is 0.319 e. The Morgan fingerprint density at radius 2 is 1.96 bits per heavy atom. The number of nitrogens with zero attached hydrogens (tertiary/aromatic N) is 4. The van der Waals surface area contributed by atoms with Crippen LogP contribution in [0.3, 0.4) is 0 Å². The first-order valence-electron chi connectivity index (χ1n) is 9.65. The van der Waals surface area contributed by atoms with Gasteiger partial charge in [0, 0.05) is 24.2 Å². The first-order valence-corrected chi connectivity index (χ1v) is 9.65. The standard InChI is InChI=1S/C21H24N6O/c1-14(2)15-3-5-16(6-4-15)23-20(28)24-18-12-27(13-21(18)9-10-21)19-8-7-17(11-22)25-26-19/h3-8,14,18H,9-10,12-13H2,1-2H3,(H2,23,24,28)/t18-/m1/s1. The van der Waals surface area contributed by atoms with E-state index in [2.05, 4.69) is 39.6 Å². The number of carbonyl (C=O) groups is 1. The second-order valence-electron chi connectivity index (χ2n) is 8.06. The maximum absolute atomic E-state index is 12.5. The molecular weight excluding hydrogens is 352 g/mol. The summed E-state index contributed by atoms with van der Waals surface area (Å²) in [4.78, 5) is 14.7. The average molecular weight is 376 g/mol. The van der Waals surface area contributed by atoms with Gasteiger partial charge in [0.2, 0.25) is 0 Å². The molecule has 0 bridgehead atoms. The predicted octanol–water partition coefficient (Wildman–Crippen LogP) is 3.26. The van der Waals surface area contributed by atoms with Gasteiger partial charge in [-0.25, -0.2) is 4.79 Å². The third-order valence-corrected chi connectivity index (χ3v) is 5.77. The van der Waals surface area contributed by atoms with Gasteiger partial charge in [0.05, 0.1) is 6.04 Å². The Balaban J connectivity index is 1.38. The van der Waals surface area contributed by atoms with E-state index < -0.39 is 0 Å². The molecule has 1 aliphatic heterocycles. The number of nitrogens with one attached hydrogen (secondary N) is 2. The van der Waals surface area contributed by atoms with Crippen molar-refractivity contribution in [2.24, 2.45) is 5.41 Å². The number of carbonyl (C=O) groups excluding carboxylic acids is 1. The first-order chi connectivity index (χ1) is 13.5. The lowest BCUT2D eigenvalue weighted by atomic mass is 10.0. The van der Waals surface area contributed by atoms with Crippen LogP contribution in [0.5, 0.6) is 0 Å². The molecule has 2 heterocycles. The molecular formula is C21H24N6O. The van der Waals surface area contributed by atoms with Crippen LogP contribution in [0.2, 0.25) is 0 Å². The summed E-state index contributed by atoms with van der Waals surface area (Å²) in [6, 6.07) is 13.3. The van der Waals surface area contributed by atoms with Crippen molar-refractivity contribution in [3.8, 4) is 6.07 Å². The lowest BCUT2D eigenvalue weighted by Gasteiger charge is -2.19. The second kappa shape index (κ2) is 7.12. The molecule has 2 N–H and O–H groups in total. The van der Waals surface area contributed by atoms with Gasteiger partial charge in [0.15, 0.2) is 11.5 Å². The van der Waals surface area contributed by atoms with Crippen molar-refractivity contribution >= 4 is 17.5 Å². The van der Waals surface area contributed by atoms with E-state index in [0.29, 0.717) is 18.2 Å². The number of urea groups is 1. The van der Waals surface area contributed by atoms with Gasteiger partial charge in [0.1, 0.15) is 6.07 Å². The summed E-state index contributed by atoms with van der Waals surface area (Å²) in [6.45, 7) is 5.84. The molecule has 28 heavy (non-hydrogen) atoms. The van der Waals surface area contributed by atoms with Crippen LogP contribution in [-0.4, -0.2) is 35.4 Å². The highest BCUT2D eigenvalue weighted by molar-refractivity contribution is 5.89. The van der Waals surface area contributed by atoms with Gasteiger partial charge in [-0.2, -0.15) is 5.26 Å². The number of hydrogen-bond acceptors (Lipinski definition) is 5. The summed E-state index contributed by atoms with van der Waals surface area (Å²) >= 11 is 0. The number of aromatic nitrogens is 2. The van der Waals surface area contributed by atoms with Crippen molar-refractivity contribution in [2.75, 3.05) is 23.3 Å². The van der Waals surface area contributed by atoms with Crippen molar-refractivity contribution in [2.45, 2.75) is 38.6 Å². The molecule has 1 saturated carbocycles. The minimum absolute atomic E-state index is 0.0693. The van der Waals surface area contributed by atoms with Crippen LogP contribution in [0.1, 0.15) is 43.9 Å². The zero-order chi connectivity index (χ0) is 19.7. The molecule has 1 aromatic carbocycles.